The molecule has 4 heteroatoms. The summed E-state index contributed by atoms with van der Waals surface area (Å²) in [7, 11) is 0. The van der Waals surface area contributed by atoms with Crippen LogP contribution in [0.2, 0.25) is 5.02 Å². The molecule has 0 bridgehead atoms. The molecule has 0 aliphatic carbocycles. The zero-order valence-corrected chi connectivity index (χ0v) is 13.6. The molecule has 2 rings (SSSR count). The molecule has 0 saturated heterocycles. The van der Waals surface area contributed by atoms with Crippen molar-refractivity contribution in [2.75, 3.05) is 11.9 Å². The highest BCUT2D eigenvalue weighted by molar-refractivity contribution is 6.30. The molecule has 1 N–H and O–H groups in total. The SMILES string of the molecule is C=C(C)COc1ccccc1NC(=O)/C=C/c1ccc(Cl)cc1. The molecular formula is C19H18ClNO2. The third-order valence-corrected chi connectivity index (χ3v) is 3.17. The van der Waals surface area contributed by atoms with Crippen LogP contribution in [0.25, 0.3) is 6.08 Å². The number of para-hydroxylation sites is 2. The fraction of sp³-hybridized carbons (Fsp3) is 0.105. The summed E-state index contributed by atoms with van der Waals surface area (Å²) in [5, 5.41) is 3.47. The summed E-state index contributed by atoms with van der Waals surface area (Å²) in [6, 6.07) is 14.5. The van der Waals surface area contributed by atoms with Crippen LogP contribution in [0.15, 0.2) is 66.8 Å². The molecule has 0 saturated carbocycles. The van der Waals surface area contributed by atoms with E-state index in [0.717, 1.165) is 11.1 Å². The number of benzene rings is 2. The fourth-order valence-corrected chi connectivity index (χ4v) is 1.94. The Labute approximate surface area is 141 Å². The number of hydrogen-bond donors (Lipinski definition) is 1. The van der Waals surface area contributed by atoms with Crippen molar-refractivity contribution in [2.24, 2.45) is 0 Å². The Morgan fingerprint density at radius 2 is 1.91 bits per heavy atom. The number of carbonyl (C=O) groups excluding carboxylic acids is 1. The van der Waals surface area contributed by atoms with Crippen LogP contribution in [0.4, 0.5) is 5.69 Å². The van der Waals surface area contributed by atoms with Gasteiger partial charge in [0, 0.05) is 11.1 Å². The largest absolute Gasteiger partial charge is 0.487 e. The Bertz CT molecular complexity index is 720. The van der Waals surface area contributed by atoms with Gasteiger partial charge in [0.2, 0.25) is 5.91 Å². The van der Waals surface area contributed by atoms with E-state index < -0.39 is 0 Å². The molecular weight excluding hydrogens is 310 g/mol. The maximum Gasteiger partial charge on any atom is 0.248 e. The molecule has 0 spiro atoms. The van der Waals surface area contributed by atoms with Crippen molar-refractivity contribution in [2.45, 2.75) is 6.92 Å². The number of ether oxygens (including phenoxy) is 1. The van der Waals surface area contributed by atoms with Gasteiger partial charge < -0.3 is 10.1 Å². The predicted molar refractivity (Wildman–Crippen MR) is 95.9 cm³/mol. The van der Waals surface area contributed by atoms with Gasteiger partial charge in [0.1, 0.15) is 12.4 Å². The molecule has 1 amide bonds. The summed E-state index contributed by atoms with van der Waals surface area (Å²) < 4.78 is 5.62. The van der Waals surface area contributed by atoms with Gasteiger partial charge in [0.25, 0.3) is 0 Å². The van der Waals surface area contributed by atoms with Crippen molar-refractivity contribution in [1.82, 2.24) is 0 Å². The Hall–Kier alpha value is -2.52. The predicted octanol–water partition coefficient (Wildman–Crippen LogP) is 4.95. The first-order valence-corrected chi connectivity index (χ1v) is 7.53. The van der Waals surface area contributed by atoms with Gasteiger partial charge in [-0.25, -0.2) is 0 Å². The first-order valence-electron chi connectivity index (χ1n) is 7.15. The van der Waals surface area contributed by atoms with Gasteiger partial charge in [0.15, 0.2) is 0 Å². The maximum atomic E-state index is 12.0. The highest BCUT2D eigenvalue weighted by atomic mass is 35.5. The van der Waals surface area contributed by atoms with Gasteiger partial charge in [-0.3, -0.25) is 4.79 Å². The first kappa shape index (κ1) is 16.8. The van der Waals surface area contributed by atoms with Crippen molar-refractivity contribution in [3.63, 3.8) is 0 Å². The zero-order chi connectivity index (χ0) is 16.7. The molecule has 0 unspecified atom stereocenters. The summed E-state index contributed by atoms with van der Waals surface area (Å²) in [5.74, 6) is 0.384. The Morgan fingerprint density at radius 1 is 1.22 bits per heavy atom. The molecule has 0 fully saturated rings. The van der Waals surface area contributed by atoms with E-state index in [-0.39, 0.29) is 5.91 Å². The van der Waals surface area contributed by atoms with Crippen LogP contribution >= 0.6 is 11.6 Å². The molecule has 2 aromatic carbocycles. The molecule has 3 nitrogen and oxygen atoms in total. The lowest BCUT2D eigenvalue weighted by atomic mass is 10.2. The second-order valence-corrected chi connectivity index (χ2v) is 5.55. The van der Waals surface area contributed by atoms with Crippen molar-refractivity contribution in [3.05, 3.63) is 77.3 Å². The molecule has 0 heterocycles. The highest BCUT2D eigenvalue weighted by Gasteiger charge is 2.05. The average Bonchev–Trinajstić information content (AvgIpc) is 2.53. The number of anilines is 1. The minimum absolute atomic E-state index is 0.230. The monoisotopic (exact) mass is 327 g/mol. The van der Waals surface area contributed by atoms with E-state index in [2.05, 4.69) is 11.9 Å². The number of halogens is 1. The van der Waals surface area contributed by atoms with Crippen molar-refractivity contribution in [1.29, 1.82) is 0 Å². The number of rotatable bonds is 6. The zero-order valence-electron chi connectivity index (χ0n) is 12.9. The van der Waals surface area contributed by atoms with Gasteiger partial charge in [0.05, 0.1) is 5.69 Å². The number of carbonyl (C=O) groups is 1. The van der Waals surface area contributed by atoms with Gasteiger partial charge >= 0.3 is 0 Å². The third kappa shape index (κ3) is 5.64. The van der Waals surface area contributed by atoms with Crippen molar-refractivity contribution >= 4 is 29.3 Å². The van der Waals surface area contributed by atoms with Crippen LogP contribution in [0.5, 0.6) is 5.75 Å². The minimum Gasteiger partial charge on any atom is -0.487 e. The lowest BCUT2D eigenvalue weighted by Crippen LogP contribution is -2.10. The van der Waals surface area contributed by atoms with Crippen LogP contribution in [-0.4, -0.2) is 12.5 Å². The number of nitrogens with one attached hydrogen (secondary N) is 1. The minimum atomic E-state index is -0.230. The molecule has 0 aliphatic rings. The topological polar surface area (TPSA) is 38.3 Å². The summed E-state index contributed by atoms with van der Waals surface area (Å²) in [5.41, 5.74) is 2.43. The quantitative estimate of drug-likeness (QED) is 0.602. The van der Waals surface area contributed by atoms with Crippen LogP contribution in [0.1, 0.15) is 12.5 Å². The Kier molecular flexibility index (Phi) is 6.01. The van der Waals surface area contributed by atoms with E-state index in [9.17, 15) is 4.79 Å². The molecule has 2 aromatic rings. The summed E-state index contributed by atoms with van der Waals surface area (Å²) in [6.07, 6.45) is 3.20. The second-order valence-electron chi connectivity index (χ2n) is 5.12. The summed E-state index contributed by atoms with van der Waals surface area (Å²) in [4.78, 5) is 12.0. The number of hydrogen-bond acceptors (Lipinski definition) is 2. The van der Waals surface area contributed by atoms with Gasteiger partial charge in [-0.1, -0.05) is 42.4 Å². The van der Waals surface area contributed by atoms with E-state index in [0.29, 0.717) is 23.1 Å². The molecule has 118 valence electrons. The van der Waals surface area contributed by atoms with E-state index in [1.165, 1.54) is 6.08 Å². The highest BCUT2D eigenvalue weighted by Crippen LogP contribution is 2.24. The second kappa shape index (κ2) is 8.20. The summed E-state index contributed by atoms with van der Waals surface area (Å²) in [6.45, 7) is 6.09. The van der Waals surface area contributed by atoms with Gasteiger partial charge in [-0.15, -0.1) is 0 Å². The first-order chi connectivity index (χ1) is 11.0. The van der Waals surface area contributed by atoms with Crippen LogP contribution in [-0.2, 0) is 4.79 Å². The van der Waals surface area contributed by atoms with E-state index in [1.54, 1.807) is 24.3 Å². The standard InChI is InChI=1S/C19H18ClNO2/c1-14(2)13-23-18-6-4-3-5-17(18)21-19(22)12-9-15-7-10-16(20)11-8-15/h3-12H,1,13H2,2H3,(H,21,22)/b12-9+. The van der Waals surface area contributed by atoms with Gasteiger partial charge in [-0.05, 0) is 48.4 Å². The van der Waals surface area contributed by atoms with E-state index >= 15 is 0 Å². The van der Waals surface area contributed by atoms with Crippen LogP contribution in [0, 0.1) is 0 Å². The van der Waals surface area contributed by atoms with Crippen molar-refractivity contribution < 1.29 is 9.53 Å². The Morgan fingerprint density at radius 3 is 2.61 bits per heavy atom. The molecule has 0 radical (unpaired) electrons. The van der Waals surface area contributed by atoms with Crippen molar-refractivity contribution in [3.8, 4) is 5.75 Å². The molecule has 23 heavy (non-hydrogen) atoms. The molecule has 0 aromatic heterocycles. The molecule has 0 aliphatic heterocycles. The lowest BCUT2D eigenvalue weighted by molar-refractivity contribution is -0.111. The maximum absolute atomic E-state index is 12.0. The third-order valence-electron chi connectivity index (χ3n) is 2.92. The average molecular weight is 328 g/mol. The van der Waals surface area contributed by atoms with Crippen LogP contribution in [0.3, 0.4) is 0 Å². The number of amides is 1. The smallest absolute Gasteiger partial charge is 0.248 e. The van der Waals surface area contributed by atoms with Crippen LogP contribution < -0.4 is 10.1 Å². The lowest BCUT2D eigenvalue weighted by Gasteiger charge is -2.11. The summed E-state index contributed by atoms with van der Waals surface area (Å²) >= 11 is 5.83. The Balaban J connectivity index is 2.02. The van der Waals surface area contributed by atoms with Gasteiger partial charge in [-0.2, -0.15) is 0 Å². The normalized spacial score (nSPS) is 10.5. The van der Waals surface area contributed by atoms with E-state index in [1.807, 2.05) is 37.3 Å². The van der Waals surface area contributed by atoms with E-state index in [4.69, 9.17) is 16.3 Å². The fourth-order valence-electron chi connectivity index (χ4n) is 1.82. The molecule has 0 atom stereocenters.